The lowest BCUT2D eigenvalue weighted by Gasteiger charge is -2.27. The maximum absolute atomic E-state index is 14.5. The molecule has 6 rings (SSSR count). The molecule has 2 heterocycles. The number of halogens is 5. The monoisotopic (exact) mass is 824 g/mol. The van der Waals surface area contributed by atoms with Gasteiger partial charge < -0.3 is 34.8 Å². The van der Waals surface area contributed by atoms with Crippen molar-refractivity contribution < 1.29 is 56.8 Å². The van der Waals surface area contributed by atoms with Crippen LogP contribution in [0.5, 0.6) is 0 Å². The lowest BCUT2D eigenvalue weighted by Crippen LogP contribution is -2.39. The quantitative estimate of drug-likeness (QED) is 0.110. The molecule has 0 saturated carbocycles. The number of benzene rings is 4. The van der Waals surface area contributed by atoms with Gasteiger partial charge in [-0.3, -0.25) is 9.59 Å². The number of aromatic nitrogens is 2. The average molecular weight is 825 g/mol. The highest BCUT2D eigenvalue weighted by molar-refractivity contribution is 5.83. The van der Waals surface area contributed by atoms with Crippen LogP contribution in [0, 0.1) is 11.6 Å². The van der Waals surface area contributed by atoms with Crippen LogP contribution in [0.15, 0.2) is 95.8 Å². The number of fused-ring (bicyclic) bond motifs is 1. The van der Waals surface area contributed by atoms with Crippen molar-refractivity contribution in [3.05, 3.63) is 135 Å². The number of rotatable bonds is 14. The van der Waals surface area contributed by atoms with E-state index in [2.05, 4.69) is 9.88 Å². The van der Waals surface area contributed by atoms with E-state index in [-0.39, 0.29) is 37.4 Å². The van der Waals surface area contributed by atoms with Gasteiger partial charge in [0.1, 0.15) is 12.4 Å². The number of nitrogens with zero attached hydrogens (tertiary/aromatic N) is 4. The van der Waals surface area contributed by atoms with Gasteiger partial charge in [-0.05, 0) is 84.9 Å². The van der Waals surface area contributed by atoms with E-state index in [9.17, 15) is 41.1 Å². The summed E-state index contributed by atoms with van der Waals surface area (Å²) in [6, 6.07) is 23.2. The number of hydrogen-bond donors (Lipinski definition) is 4. The smallest absolute Gasteiger partial charge is 0.416 e. The fraction of sp³-hybridized carbons (Fsp3) is 0.310. The first kappa shape index (κ1) is 44.1. The number of alkyl halides is 3. The van der Waals surface area contributed by atoms with E-state index < -0.39 is 53.1 Å². The van der Waals surface area contributed by atoms with Gasteiger partial charge in [0.15, 0.2) is 23.8 Å². The SMILES string of the molecule is O=C(Cn1c(CCc2cccc(F)c2F)nc(=O)c2ccccc21)N(CCN1CCCC1)Cc1ccc(-c2ccc(C(F)(F)F)cc2)cc1.O=C(O)C(O)C(O)C(=O)O. The minimum Gasteiger partial charge on any atom is -0.479 e. The molecule has 4 aromatic carbocycles. The zero-order valence-electron chi connectivity index (χ0n) is 31.5. The minimum absolute atomic E-state index is 0.0759. The Morgan fingerprint density at radius 1 is 0.780 bits per heavy atom. The van der Waals surface area contributed by atoms with Crippen LogP contribution in [0.4, 0.5) is 22.0 Å². The molecule has 1 amide bonds. The van der Waals surface area contributed by atoms with E-state index in [1.807, 2.05) is 24.3 Å². The molecule has 0 aliphatic carbocycles. The molecule has 2 atom stereocenters. The van der Waals surface area contributed by atoms with Crippen molar-refractivity contribution in [1.82, 2.24) is 19.4 Å². The highest BCUT2D eigenvalue weighted by Crippen LogP contribution is 2.31. The second kappa shape index (κ2) is 19.6. The number of aliphatic hydroxyl groups is 2. The first-order valence-corrected chi connectivity index (χ1v) is 18.5. The summed E-state index contributed by atoms with van der Waals surface area (Å²) in [4.78, 5) is 55.0. The fourth-order valence-electron chi connectivity index (χ4n) is 6.56. The van der Waals surface area contributed by atoms with Crippen molar-refractivity contribution in [2.75, 3.05) is 26.2 Å². The number of carbonyl (C=O) groups is 3. The van der Waals surface area contributed by atoms with Gasteiger partial charge >= 0.3 is 18.1 Å². The number of likely N-dealkylation sites (tertiary alicyclic amines) is 1. The molecule has 0 spiro atoms. The number of aliphatic carboxylic acids is 2. The predicted molar refractivity (Wildman–Crippen MR) is 205 cm³/mol. The Balaban J connectivity index is 0.000000586. The third kappa shape index (κ3) is 11.6. The molecular formula is C42H41F5N4O8. The second-order valence-corrected chi connectivity index (χ2v) is 13.9. The summed E-state index contributed by atoms with van der Waals surface area (Å²) in [6.45, 7) is 3.21. The van der Waals surface area contributed by atoms with Crippen LogP contribution in [0.25, 0.3) is 22.0 Å². The van der Waals surface area contributed by atoms with Gasteiger partial charge in [0.05, 0.1) is 16.5 Å². The van der Waals surface area contributed by atoms with Crippen LogP contribution in [0.3, 0.4) is 0 Å². The average Bonchev–Trinajstić information content (AvgIpc) is 3.74. The number of aryl methyl sites for hydroxylation is 2. The standard InChI is InChI=1S/C38H35F5N4O2.C4H6O6/c39-32-8-5-6-29(36(32)40)16-19-34-44-37(49)31-7-1-2-9-33(31)47(34)25-35(48)46(23-22-45-20-3-4-21-45)24-26-10-12-27(13-11-26)28-14-17-30(18-15-28)38(41,42)43;5-1(3(7)8)2(6)4(9)10/h1-2,5-15,17-18H,3-4,16,19-25H2;1-2,5-6H,(H,7,8)(H,9,10). The topological polar surface area (TPSA) is 174 Å². The first-order valence-electron chi connectivity index (χ1n) is 18.5. The van der Waals surface area contributed by atoms with E-state index in [1.54, 1.807) is 33.7 Å². The molecule has 1 aliphatic rings. The van der Waals surface area contributed by atoms with Crippen molar-refractivity contribution >= 4 is 28.7 Å². The summed E-state index contributed by atoms with van der Waals surface area (Å²) in [7, 11) is 0. The molecule has 1 fully saturated rings. The number of para-hydroxylation sites is 1. The summed E-state index contributed by atoms with van der Waals surface area (Å²) >= 11 is 0. The Labute approximate surface area is 334 Å². The summed E-state index contributed by atoms with van der Waals surface area (Å²) in [5.41, 5.74) is 1.72. The van der Waals surface area contributed by atoms with Gasteiger partial charge in [-0.25, -0.2) is 18.4 Å². The van der Waals surface area contributed by atoms with Crippen molar-refractivity contribution in [1.29, 1.82) is 0 Å². The lowest BCUT2D eigenvalue weighted by molar-refractivity contribution is -0.165. The van der Waals surface area contributed by atoms with E-state index in [4.69, 9.17) is 20.4 Å². The zero-order valence-corrected chi connectivity index (χ0v) is 31.5. The molecule has 0 radical (unpaired) electrons. The van der Waals surface area contributed by atoms with Crippen LogP contribution in [-0.2, 0) is 46.5 Å². The van der Waals surface area contributed by atoms with Crippen LogP contribution >= 0.6 is 0 Å². The van der Waals surface area contributed by atoms with E-state index in [0.29, 0.717) is 35.4 Å². The highest BCUT2D eigenvalue weighted by Gasteiger charge is 2.30. The summed E-state index contributed by atoms with van der Waals surface area (Å²) < 4.78 is 69.2. The number of hydrogen-bond acceptors (Lipinski definition) is 8. The van der Waals surface area contributed by atoms with E-state index in [1.165, 1.54) is 24.3 Å². The minimum atomic E-state index is -4.41. The Kier molecular flexibility index (Phi) is 14.6. The first-order chi connectivity index (χ1) is 28.0. The lowest BCUT2D eigenvalue weighted by atomic mass is 10.0. The predicted octanol–water partition coefficient (Wildman–Crippen LogP) is 5.15. The van der Waals surface area contributed by atoms with Crippen molar-refractivity contribution in [2.45, 2.75) is 57.2 Å². The van der Waals surface area contributed by atoms with Crippen molar-refractivity contribution in [2.24, 2.45) is 0 Å². The maximum Gasteiger partial charge on any atom is 0.416 e. The molecule has 4 N–H and O–H groups in total. The van der Waals surface area contributed by atoms with Crippen LogP contribution in [-0.4, -0.2) is 96.0 Å². The van der Waals surface area contributed by atoms with Crippen LogP contribution in [0.2, 0.25) is 0 Å². The van der Waals surface area contributed by atoms with E-state index in [0.717, 1.165) is 55.3 Å². The molecule has 59 heavy (non-hydrogen) atoms. The normalized spacial score (nSPS) is 14.0. The van der Waals surface area contributed by atoms with Gasteiger partial charge in [0.2, 0.25) is 5.91 Å². The number of carboxylic acids is 2. The molecule has 12 nitrogen and oxygen atoms in total. The maximum atomic E-state index is 14.5. The zero-order chi connectivity index (χ0) is 42.9. The molecular weight excluding hydrogens is 783 g/mol. The Morgan fingerprint density at radius 3 is 1.97 bits per heavy atom. The second-order valence-electron chi connectivity index (χ2n) is 13.9. The molecule has 0 bridgehead atoms. The van der Waals surface area contributed by atoms with Gasteiger partial charge in [-0.1, -0.05) is 60.7 Å². The Bertz CT molecular complexity index is 2300. The molecule has 1 saturated heterocycles. The third-order valence-corrected chi connectivity index (χ3v) is 9.83. The fourth-order valence-corrected chi connectivity index (χ4v) is 6.56. The highest BCUT2D eigenvalue weighted by atomic mass is 19.4. The molecule has 5 aromatic rings. The van der Waals surface area contributed by atoms with Crippen LogP contribution < -0.4 is 5.56 Å². The third-order valence-electron chi connectivity index (χ3n) is 9.83. The summed E-state index contributed by atoms with van der Waals surface area (Å²) in [5.74, 6) is -5.37. The summed E-state index contributed by atoms with van der Waals surface area (Å²) in [6.07, 6.45) is -6.56. The van der Waals surface area contributed by atoms with E-state index >= 15 is 0 Å². The summed E-state index contributed by atoms with van der Waals surface area (Å²) in [5, 5.41) is 32.9. The number of amides is 1. The number of carbonyl (C=O) groups excluding carboxylic acids is 1. The largest absolute Gasteiger partial charge is 0.479 e. The van der Waals surface area contributed by atoms with Gasteiger partial charge in [-0.2, -0.15) is 18.2 Å². The Morgan fingerprint density at radius 2 is 1.37 bits per heavy atom. The van der Waals surface area contributed by atoms with Crippen molar-refractivity contribution in [3.8, 4) is 11.1 Å². The van der Waals surface area contributed by atoms with Gasteiger partial charge in [0.25, 0.3) is 5.56 Å². The van der Waals surface area contributed by atoms with Gasteiger partial charge in [-0.15, -0.1) is 0 Å². The molecule has 1 aromatic heterocycles. The molecule has 17 heteroatoms. The molecule has 312 valence electrons. The van der Waals surface area contributed by atoms with Crippen molar-refractivity contribution in [3.63, 3.8) is 0 Å². The molecule has 2 unspecified atom stereocenters. The van der Waals surface area contributed by atoms with Crippen LogP contribution in [0.1, 0.15) is 35.4 Å². The number of aliphatic hydroxyl groups excluding tert-OH is 2. The molecule has 1 aliphatic heterocycles. The van der Waals surface area contributed by atoms with Gasteiger partial charge in [0, 0.05) is 26.1 Å². The Hall–Kier alpha value is -6.04. The number of carboxylic acid groups (broad SMARTS) is 2.